The molecule has 1 aliphatic rings. The maximum Gasteiger partial charge on any atom is 0.265 e. The second kappa shape index (κ2) is 9.78. The lowest BCUT2D eigenvalue weighted by Gasteiger charge is -2.32. The van der Waals surface area contributed by atoms with Crippen molar-refractivity contribution in [2.75, 3.05) is 18.4 Å². The second-order valence-corrected chi connectivity index (χ2v) is 8.81. The highest BCUT2D eigenvalue weighted by atomic mass is 32.1. The van der Waals surface area contributed by atoms with Crippen molar-refractivity contribution in [3.8, 4) is 0 Å². The molecular formula is C25H25N3O3S. The summed E-state index contributed by atoms with van der Waals surface area (Å²) in [4.78, 5) is 40.0. The molecule has 6 nitrogen and oxygen atoms in total. The molecule has 0 radical (unpaired) electrons. The van der Waals surface area contributed by atoms with E-state index in [0.29, 0.717) is 34.8 Å². The molecule has 0 spiro atoms. The Morgan fingerprint density at radius 2 is 1.62 bits per heavy atom. The van der Waals surface area contributed by atoms with Crippen molar-refractivity contribution in [1.29, 1.82) is 0 Å². The van der Waals surface area contributed by atoms with E-state index in [0.717, 1.165) is 18.4 Å². The number of piperidine rings is 1. The second-order valence-electron chi connectivity index (χ2n) is 7.86. The van der Waals surface area contributed by atoms with E-state index in [9.17, 15) is 14.4 Å². The minimum atomic E-state index is -0.158. The van der Waals surface area contributed by atoms with Crippen molar-refractivity contribution in [2.24, 2.45) is 0 Å². The molecule has 1 aromatic heterocycles. The first-order chi connectivity index (χ1) is 15.5. The van der Waals surface area contributed by atoms with Crippen LogP contribution < -0.4 is 10.6 Å². The molecule has 3 aromatic rings. The van der Waals surface area contributed by atoms with E-state index >= 15 is 0 Å². The molecule has 0 unspecified atom stereocenters. The number of anilines is 1. The fourth-order valence-electron chi connectivity index (χ4n) is 3.80. The number of nitrogens with one attached hydrogen (secondary N) is 2. The Hall–Kier alpha value is -3.45. The molecule has 0 atom stereocenters. The van der Waals surface area contributed by atoms with Gasteiger partial charge in [0, 0.05) is 35.9 Å². The number of carbonyl (C=O) groups excluding carboxylic acids is 3. The number of hydrogen-bond acceptors (Lipinski definition) is 4. The monoisotopic (exact) mass is 447 g/mol. The van der Waals surface area contributed by atoms with Crippen molar-refractivity contribution in [3.63, 3.8) is 0 Å². The van der Waals surface area contributed by atoms with Gasteiger partial charge in [0.25, 0.3) is 17.7 Å². The first kappa shape index (κ1) is 21.8. The number of nitrogens with zero attached hydrogens (tertiary/aromatic N) is 1. The molecule has 164 valence electrons. The molecule has 2 heterocycles. The Kier molecular flexibility index (Phi) is 6.66. The Morgan fingerprint density at radius 3 is 2.28 bits per heavy atom. The standard InChI is InChI=1S/C25H25N3O3S/c1-17-5-2-3-6-21(17)23(29)26-20-12-14-28(15-13-20)25(31)18-8-10-19(11-9-18)27-24(30)22-7-4-16-32-22/h2-11,16,20H,12-15H2,1H3,(H,26,29)(H,27,30). The van der Waals surface area contributed by atoms with E-state index in [4.69, 9.17) is 0 Å². The molecule has 2 aromatic carbocycles. The number of aryl methyl sites for hydroxylation is 1. The predicted molar refractivity (Wildman–Crippen MR) is 126 cm³/mol. The SMILES string of the molecule is Cc1ccccc1C(=O)NC1CCN(C(=O)c2ccc(NC(=O)c3cccs3)cc2)CC1. The Bertz CT molecular complexity index is 1100. The van der Waals surface area contributed by atoms with Gasteiger partial charge in [-0.15, -0.1) is 11.3 Å². The molecule has 0 bridgehead atoms. The normalized spacial score (nSPS) is 14.1. The highest BCUT2D eigenvalue weighted by Gasteiger charge is 2.25. The number of carbonyl (C=O) groups is 3. The average molecular weight is 448 g/mol. The molecule has 7 heteroatoms. The molecule has 1 fully saturated rings. The summed E-state index contributed by atoms with van der Waals surface area (Å²) in [7, 11) is 0. The summed E-state index contributed by atoms with van der Waals surface area (Å²) < 4.78 is 0. The lowest BCUT2D eigenvalue weighted by atomic mass is 10.0. The van der Waals surface area contributed by atoms with Crippen LogP contribution >= 0.6 is 11.3 Å². The number of likely N-dealkylation sites (tertiary alicyclic amines) is 1. The predicted octanol–water partition coefficient (Wildman–Crippen LogP) is 4.34. The summed E-state index contributed by atoms with van der Waals surface area (Å²) in [6, 6.07) is 18.1. The minimum Gasteiger partial charge on any atom is -0.349 e. The van der Waals surface area contributed by atoms with Crippen LogP contribution in [-0.4, -0.2) is 41.8 Å². The molecule has 0 aliphatic carbocycles. The van der Waals surface area contributed by atoms with Gasteiger partial charge in [0.15, 0.2) is 0 Å². The first-order valence-corrected chi connectivity index (χ1v) is 11.5. The lowest BCUT2D eigenvalue weighted by molar-refractivity contribution is 0.0698. The van der Waals surface area contributed by atoms with Crippen molar-refractivity contribution in [1.82, 2.24) is 10.2 Å². The maximum atomic E-state index is 12.9. The maximum absolute atomic E-state index is 12.9. The van der Waals surface area contributed by atoms with Gasteiger partial charge < -0.3 is 15.5 Å². The third-order valence-corrected chi connectivity index (χ3v) is 6.51. The summed E-state index contributed by atoms with van der Waals surface area (Å²) in [6.45, 7) is 3.11. The van der Waals surface area contributed by atoms with Crippen molar-refractivity contribution >= 4 is 34.7 Å². The van der Waals surface area contributed by atoms with Gasteiger partial charge in [0.2, 0.25) is 0 Å². The Labute approximate surface area is 191 Å². The molecule has 32 heavy (non-hydrogen) atoms. The summed E-state index contributed by atoms with van der Waals surface area (Å²) in [5.41, 5.74) is 2.88. The molecule has 3 amide bonds. The van der Waals surface area contributed by atoms with Gasteiger partial charge in [0.1, 0.15) is 0 Å². The fourth-order valence-corrected chi connectivity index (χ4v) is 4.42. The molecule has 1 saturated heterocycles. The highest BCUT2D eigenvalue weighted by Crippen LogP contribution is 2.18. The summed E-state index contributed by atoms with van der Waals surface area (Å²) >= 11 is 1.38. The van der Waals surface area contributed by atoms with Gasteiger partial charge in [-0.3, -0.25) is 14.4 Å². The zero-order valence-electron chi connectivity index (χ0n) is 17.8. The Balaban J connectivity index is 1.29. The Morgan fingerprint density at radius 1 is 0.906 bits per heavy atom. The summed E-state index contributed by atoms with van der Waals surface area (Å²) in [6.07, 6.45) is 1.44. The zero-order valence-corrected chi connectivity index (χ0v) is 18.7. The third-order valence-electron chi connectivity index (χ3n) is 5.64. The lowest BCUT2D eigenvalue weighted by Crippen LogP contribution is -2.46. The van der Waals surface area contributed by atoms with Crippen LogP contribution in [0.3, 0.4) is 0 Å². The largest absolute Gasteiger partial charge is 0.349 e. The summed E-state index contributed by atoms with van der Waals surface area (Å²) in [5.74, 6) is -0.258. The molecule has 0 saturated carbocycles. The van der Waals surface area contributed by atoms with E-state index < -0.39 is 0 Å². The van der Waals surface area contributed by atoms with Crippen LogP contribution in [-0.2, 0) is 0 Å². The number of benzene rings is 2. The van der Waals surface area contributed by atoms with E-state index in [1.54, 1.807) is 30.3 Å². The van der Waals surface area contributed by atoms with Crippen LogP contribution in [0.15, 0.2) is 66.0 Å². The quantitative estimate of drug-likeness (QED) is 0.611. The third kappa shape index (κ3) is 5.06. The highest BCUT2D eigenvalue weighted by molar-refractivity contribution is 7.12. The van der Waals surface area contributed by atoms with E-state index in [-0.39, 0.29) is 23.8 Å². The van der Waals surface area contributed by atoms with Crippen LogP contribution in [0.2, 0.25) is 0 Å². The smallest absolute Gasteiger partial charge is 0.265 e. The minimum absolute atomic E-state index is 0.0372. The van der Waals surface area contributed by atoms with Crippen molar-refractivity contribution in [2.45, 2.75) is 25.8 Å². The fraction of sp³-hybridized carbons (Fsp3) is 0.240. The number of thiophene rings is 1. The molecule has 2 N–H and O–H groups in total. The zero-order chi connectivity index (χ0) is 22.5. The molecular weight excluding hydrogens is 422 g/mol. The number of rotatable bonds is 5. The van der Waals surface area contributed by atoms with E-state index in [2.05, 4.69) is 10.6 Å². The van der Waals surface area contributed by atoms with E-state index in [1.165, 1.54) is 11.3 Å². The average Bonchev–Trinajstić information content (AvgIpc) is 3.35. The number of hydrogen-bond donors (Lipinski definition) is 2. The topological polar surface area (TPSA) is 78.5 Å². The van der Waals surface area contributed by atoms with Crippen LogP contribution in [0.1, 0.15) is 48.8 Å². The van der Waals surface area contributed by atoms with E-state index in [1.807, 2.05) is 47.5 Å². The van der Waals surface area contributed by atoms with Crippen LogP contribution in [0.4, 0.5) is 5.69 Å². The van der Waals surface area contributed by atoms with Crippen LogP contribution in [0, 0.1) is 6.92 Å². The first-order valence-electron chi connectivity index (χ1n) is 10.6. The van der Waals surface area contributed by atoms with Gasteiger partial charge in [-0.05, 0) is 67.1 Å². The van der Waals surface area contributed by atoms with Crippen molar-refractivity contribution in [3.05, 3.63) is 87.6 Å². The van der Waals surface area contributed by atoms with Gasteiger partial charge in [-0.25, -0.2) is 0 Å². The molecule has 4 rings (SSSR count). The van der Waals surface area contributed by atoms with Gasteiger partial charge in [-0.2, -0.15) is 0 Å². The van der Waals surface area contributed by atoms with Crippen molar-refractivity contribution < 1.29 is 14.4 Å². The van der Waals surface area contributed by atoms with Gasteiger partial charge in [-0.1, -0.05) is 24.3 Å². The molecule has 1 aliphatic heterocycles. The number of amides is 3. The van der Waals surface area contributed by atoms with Crippen LogP contribution in [0.5, 0.6) is 0 Å². The van der Waals surface area contributed by atoms with Gasteiger partial charge in [0.05, 0.1) is 4.88 Å². The summed E-state index contributed by atoms with van der Waals surface area (Å²) in [5, 5.41) is 7.79. The van der Waals surface area contributed by atoms with Gasteiger partial charge >= 0.3 is 0 Å². The van der Waals surface area contributed by atoms with Crippen LogP contribution in [0.25, 0.3) is 0 Å².